The number of rotatable bonds is 26. The van der Waals surface area contributed by atoms with E-state index in [0.717, 1.165) is 49.7 Å². The topological polar surface area (TPSA) is 249 Å². The second-order valence-electron chi connectivity index (χ2n) is 26.6. The number of carbonyl (C=O) groups is 8. The predicted octanol–water partition coefficient (Wildman–Crippen LogP) is 8.33. The number of amides is 8. The van der Waals surface area contributed by atoms with E-state index in [9.17, 15) is 38.4 Å². The van der Waals surface area contributed by atoms with E-state index in [0.29, 0.717) is 44.0 Å². The van der Waals surface area contributed by atoms with E-state index in [2.05, 4.69) is 16.0 Å². The van der Waals surface area contributed by atoms with Gasteiger partial charge < -0.3 is 55.3 Å². The Morgan fingerprint density at radius 3 is 1.65 bits per heavy atom. The minimum atomic E-state index is -0.970. The quantitative estimate of drug-likeness (QED) is 0.0647. The van der Waals surface area contributed by atoms with E-state index in [1.807, 2.05) is 88.4 Å². The van der Waals surface area contributed by atoms with Crippen LogP contribution in [0.5, 0.6) is 0 Å². The van der Waals surface area contributed by atoms with Crippen LogP contribution in [0.3, 0.4) is 0 Å². The highest BCUT2D eigenvalue weighted by Crippen LogP contribution is 2.49. The number of nitrogens with two attached hydrogens (primary N) is 1. The van der Waals surface area contributed by atoms with E-state index in [1.54, 1.807) is 74.9 Å². The third-order valence-corrected chi connectivity index (χ3v) is 18.7. The molecule has 2 aromatic rings. The number of benzene rings is 2. The van der Waals surface area contributed by atoms with Crippen molar-refractivity contribution in [2.75, 3.05) is 58.6 Å². The average molecular weight is 1220 g/mol. The lowest BCUT2D eigenvalue weighted by Gasteiger charge is -2.35. The normalized spacial score (nSPS) is 23.0. The number of primary amides is 1. The molecular weight excluding hydrogens is 1120 g/mol. The maximum atomic E-state index is 14.5. The highest BCUT2D eigenvalue weighted by Gasteiger charge is 2.56. The molecule has 4 saturated heterocycles. The van der Waals surface area contributed by atoms with Gasteiger partial charge in [-0.25, -0.2) is 9.59 Å². The lowest BCUT2D eigenvalue weighted by Crippen LogP contribution is -2.57. The van der Waals surface area contributed by atoms with Crippen molar-refractivity contribution in [3.05, 3.63) is 71.8 Å². The number of nitrogens with one attached hydrogen (secondary N) is 3. The van der Waals surface area contributed by atoms with Gasteiger partial charge in [-0.2, -0.15) is 0 Å². The lowest BCUT2D eigenvalue weighted by molar-refractivity contribution is -0.144. The SMILES string of the molecule is CN(CC(=O)N[C@H]1CCS[C@H]2CC(C)(C)[C@@H](C(=O)N[C@H](COCCCCCCCCOC[C@@H](NC(=O)[C@H]3N4C(=O)CC(C[C@@H](C(N)=O)N(C)C(=O)OC(C)(C)C)CS[C@H]4CC3(C)C)c3ccccc3)c3ccccc3)N2C1=O)C(=O)OC(C)(C)C. The van der Waals surface area contributed by atoms with Crippen molar-refractivity contribution in [1.82, 2.24) is 35.6 Å². The van der Waals surface area contributed by atoms with Crippen molar-refractivity contribution < 1.29 is 57.3 Å². The number of fused-ring (bicyclic) bond motifs is 2. The summed E-state index contributed by atoms with van der Waals surface area (Å²) >= 11 is 3.21. The molecule has 5 N–H and O–H groups in total. The molecular formula is C63H96N8O12S2. The number of hydrogen-bond acceptors (Lipinski definition) is 14. The number of thioether (sulfide) groups is 2. The molecule has 2 aromatic carbocycles. The molecule has 4 aliphatic rings. The van der Waals surface area contributed by atoms with Gasteiger partial charge in [0.15, 0.2) is 0 Å². The zero-order chi connectivity index (χ0) is 62.4. The van der Waals surface area contributed by atoms with Crippen LogP contribution in [0.2, 0.25) is 0 Å². The standard InChI is InChI=1S/C63H96N8O12S2/c1-60(2,3)82-58(78)68(11)37-48(72)65-44-29-32-84-51-36-63(9,10)53(71(51)57(44)77)56(76)67-46(43-27-21-18-22-28-43)39-81-31-24-16-14-13-15-23-30-80-38-45(42-25-19-17-20-26-42)66-55(75)52-62(7,8)35-50-70(52)49(73)34-41(40-85-50)33-47(54(64)74)69(12)59(79)83-61(4,5)6/h17-22,25-28,41,44-47,50-53H,13-16,23-24,29-40H2,1-12H3,(H2,64,74)(H,65,72)(H,66,75)(H,67,76)/t41?,44-,45+,46+,47-,50-,51-,52+,53+/m0/s1. The molecule has 0 radical (unpaired) electrons. The van der Waals surface area contributed by atoms with E-state index >= 15 is 0 Å². The van der Waals surface area contributed by atoms with Crippen molar-refractivity contribution in [3.8, 4) is 0 Å². The summed E-state index contributed by atoms with van der Waals surface area (Å²) in [4.78, 5) is 115. The molecule has 0 saturated carbocycles. The van der Waals surface area contributed by atoms with Gasteiger partial charge in [0.1, 0.15) is 41.9 Å². The molecule has 4 fully saturated rings. The monoisotopic (exact) mass is 1220 g/mol. The Hall–Kier alpha value is -5.58. The summed E-state index contributed by atoms with van der Waals surface area (Å²) in [6.45, 7) is 19.7. The summed E-state index contributed by atoms with van der Waals surface area (Å²) in [6.07, 6.45) is 6.20. The number of ether oxygens (including phenoxy) is 4. The van der Waals surface area contributed by atoms with E-state index in [-0.39, 0.29) is 72.9 Å². The Bertz CT molecular complexity index is 2600. The van der Waals surface area contributed by atoms with Crippen LogP contribution in [0.25, 0.3) is 0 Å². The lowest BCUT2D eigenvalue weighted by atomic mass is 9.83. The molecule has 4 heterocycles. The Balaban J connectivity index is 0.940. The largest absolute Gasteiger partial charge is 0.444 e. The first-order valence-corrected chi connectivity index (χ1v) is 32.3. The third-order valence-electron chi connectivity index (χ3n) is 16.0. The van der Waals surface area contributed by atoms with Gasteiger partial charge in [-0.15, -0.1) is 23.5 Å². The molecule has 20 nitrogen and oxygen atoms in total. The second-order valence-corrected chi connectivity index (χ2v) is 29.1. The van der Waals surface area contributed by atoms with Gasteiger partial charge in [0.25, 0.3) is 0 Å². The smallest absolute Gasteiger partial charge is 0.410 e. The molecule has 472 valence electrons. The highest BCUT2D eigenvalue weighted by atomic mass is 32.2. The predicted molar refractivity (Wildman–Crippen MR) is 330 cm³/mol. The van der Waals surface area contributed by atoms with Crippen molar-refractivity contribution in [2.45, 2.75) is 198 Å². The van der Waals surface area contributed by atoms with Crippen LogP contribution in [-0.4, -0.2) is 172 Å². The summed E-state index contributed by atoms with van der Waals surface area (Å²) in [5.74, 6) is -1.30. The first-order chi connectivity index (χ1) is 40.0. The molecule has 9 atom stereocenters. The van der Waals surface area contributed by atoms with Crippen LogP contribution < -0.4 is 21.7 Å². The van der Waals surface area contributed by atoms with Gasteiger partial charge in [0.2, 0.25) is 35.4 Å². The summed E-state index contributed by atoms with van der Waals surface area (Å²) in [7, 11) is 2.95. The zero-order valence-electron chi connectivity index (χ0n) is 52.3. The fourth-order valence-corrected chi connectivity index (χ4v) is 15.0. The van der Waals surface area contributed by atoms with Crippen molar-refractivity contribution in [2.24, 2.45) is 22.5 Å². The molecule has 85 heavy (non-hydrogen) atoms. The van der Waals surface area contributed by atoms with Crippen LogP contribution in [0.15, 0.2) is 60.7 Å². The van der Waals surface area contributed by atoms with Crippen molar-refractivity contribution >= 4 is 71.2 Å². The van der Waals surface area contributed by atoms with Gasteiger partial charge >= 0.3 is 12.2 Å². The second kappa shape index (κ2) is 30.4. The van der Waals surface area contributed by atoms with Crippen molar-refractivity contribution in [1.29, 1.82) is 0 Å². The van der Waals surface area contributed by atoms with Crippen LogP contribution in [0.1, 0.15) is 163 Å². The molecule has 6 rings (SSSR count). The number of likely N-dealkylation sites (N-methyl/N-ethyl adjacent to an activating group) is 2. The van der Waals surface area contributed by atoms with Gasteiger partial charge in [-0.05, 0) is 119 Å². The molecule has 22 heteroatoms. The maximum absolute atomic E-state index is 14.5. The summed E-state index contributed by atoms with van der Waals surface area (Å²) < 4.78 is 23.4. The minimum Gasteiger partial charge on any atom is -0.444 e. The van der Waals surface area contributed by atoms with Crippen LogP contribution in [0, 0.1) is 16.7 Å². The minimum absolute atomic E-state index is 0.101. The maximum Gasteiger partial charge on any atom is 0.410 e. The number of unbranched alkanes of at least 4 members (excludes halogenated alkanes) is 5. The first kappa shape index (κ1) is 68.5. The van der Waals surface area contributed by atoms with Crippen LogP contribution in [0.4, 0.5) is 9.59 Å². The van der Waals surface area contributed by atoms with E-state index in [1.165, 1.54) is 23.9 Å². The fourth-order valence-electron chi connectivity index (χ4n) is 11.7. The van der Waals surface area contributed by atoms with Gasteiger partial charge in [0, 0.05) is 33.7 Å². The Kier molecular flexibility index (Phi) is 24.5. The molecule has 0 spiro atoms. The van der Waals surface area contributed by atoms with E-state index < -0.39 is 82.3 Å². The molecule has 1 unspecified atom stereocenters. The molecule has 0 aromatic heterocycles. The summed E-state index contributed by atoms with van der Waals surface area (Å²) in [6, 6.07) is 15.1. The Morgan fingerprint density at radius 1 is 0.682 bits per heavy atom. The van der Waals surface area contributed by atoms with Crippen LogP contribution in [-0.2, 0) is 47.7 Å². The zero-order valence-corrected chi connectivity index (χ0v) is 53.9. The van der Waals surface area contributed by atoms with Crippen LogP contribution >= 0.6 is 23.5 Å². The Labute approximate surface area is 512 Å². The number of nitrogens with zero attached hydrogens (tertiary/aromatic N) is 4. The molecule has 0 aliphatic carbocycles. The molecule has 8 amide bonds. The Morgan fingerprint density at radius 2 is 1.15 bits per heavy atom. The average Bonchev–Trinajstić information content (AvgIpc) is 2.09. The highest BCUT2D eigenvalue weighted by molar-refractivity contribution is 8.00. The van der Waals surface area contributed by atoms with E-state index in [4.69, 9.17) is 24.7 Å². The summed E-state index contributed by atoms with van der Waals surface area (Å²) in [5.41, 5.74) is 5.00. The van der Waals surface area contributed by atoms with Crippen molar-refractivity contribution in [3.63, 3.8) is 0 Å². The molecule has 0 bridgehead atoms. The van der Waals surface area contributed by atoms with Gasteiger partial charge in [0.05, 0.1) is 36.0 Å². The summed E-state index contributed by atoms with van der Waals surface area (Å²) in [5, 5.41) is 8.87. The van der Waals surface area contributed by atoms with Gasteiger partial charge in [-0.3, -0.25) is 33.7 Å². The number of hydrogen-bond donors (Lipinski definition) is 4. The molecule has 4 aliphatic heterocycles. The fraction of sp³-hybridized carbons (Fsp3) is 0.683. The number of carbonyl (C=O) groups excluding carboxylic acids is 8. The third kappa shape index (κ3) is 19.7. The van der Waals surface area contributed by atoms with Gasteiger partial charge in [-0.1, -0.05) is 114 Å². The first-order valence-electron chi connectivity index (χ1n) is 30.2.